The largest absolute Gasteiger partial charge is 0.352 e. The third kappa shape index (κ3) is 3.69. The summed E-state index contributed by atoms with van der Waals surface area (Å²) in [6.45, 7) is 2.11. The molecule has 0 spiro atoms. The number of hydrogen-bond donors (Lipinski definition) is 1. The Labute approximate surface area is 157 Å². The molecule has 3 aromatic rings. The molecule has 138 valence electrons. The fraction of sp³-hybridized carbons (Fsp3) is 0.286. The van der Waals surface area contributed by atoms with Gasteiger partial charge in [-0.25, -0.2) is 4.52 Å². The smallest absolute Gasteiger partial charge is 0.251 e. The number of benzene rings is 1. The Hall–Kier alpha value is -3.15. The highest BCUT2D eigenvalue weighted by atomic mass is 16.2. The van der Waals surface area contributed by atoms with Gasteiger partial charge in [-0.05, 0) is 43.2 Å². The first-order valence-electron chi connectivity index (χ1n) is 9.31. The third-order valence-electron chi connectivity index (χ3n) is 4.90. The molecule has 1 aromatic carbocycles. The fourth-order valence-electron chi connectivity index (χ4n) is 3.50. The standard InChI is InChI=1S/C21H22N4O2/c26-20-9-3-13-24(20)14-4-11-22-21(27)17-6-1-5-16(15-17)19-8-2-7-18-10-12-23-25(18)19/h1-2,5-8,10,12,15H,3-4,9,11,13-14H2,(H,22,27). The molecule has 0 radical (unpaired) electrons. The van der Waals surface area contributed by atoms with Crippen LogP contribution in [0.25, 0.3) is 16.8 Å². The summed E-state index contributed by atoms with van der Waals surface area (Å²) in [7, 11) is 0. The van der Waals surface area contributed by atoms with Gasteiger partial charge in [-0.1, -0.05) is 18.2 Å². The average molecular weight is 362 g/mol. The molecule has 2 aromatic heterocycles. The highest BCUT2D eigenvalue weighted by molar-refractivity contribution is 5.95. The summed E-state index contributed by atoms with van der Waals surface area (Å²) < 4.78 is 1.87. The molecule has 1 aliphatic heterocycles. The Morgan fingerprint density at radius 2 is 2.04 bits per heavy atom. The van der Waals surface area contributed by atoms with Gasteiger partial charge in [0.15, 0.2) is 0 Å². The Kier molecular flexibility index (Phi) is 4.87. The van der Waals surface area contributed by atoms with Crippen molar-refractivity contribution >= 4 is 17.3 Å². The second-order valence-corrected chi connectivity index (χ2v) is 6.75. The second-order valence-electron chi connectivity index (χ2n) is 6.75. The number of rotatable bonds is 6. The second kappa shape index (κ2) is 7.61. The molecule has 1 aliphatic rings. The number of pyridine rings is 1. The Morgan fingerprint density at radius 3 is 2.89 bits per heavy atom. The van der Waals surface area contributed by atoms with E-state index in [0.717, 1.165) is 36.2 Å². The number of fused-ring (bicyclic) bond motifs is 1. The minimum atomic E-state index is -0.0998. The van der Waals surface area contributed by atoms with Crippen molar-refractivity contribution in [3.63, 3.8) is 0 Å². The summed E-state index contributed by atoms with van der Waals surface area (Å²) in [6.07, 6.45) is 4.13. The molecular weight excluding hydrogens is 340 g/mol. The Morgan fingerprint density at radius 1 is 1.15 bits per heavy atom. The maximum absolute atomic E-state index is 12.5. The molecule has 6 heteroatoms. The van der Waals surface area contributed by atoms with Gasteiger partial charge in [0.1, 0.15) is 0 Å². The van der Waals surface area contributed by atoms with Crippen LogP contribution >= 0.6 is 0 Å². The van der Waals surface area contributed by atoms with Crippen LogP contribution in [0, 0.1) is 0 Å². The summed E-state index contributed by atoms with van der Waals surface area (Å²) in [5.74, 6) is 0.124. The minimum absolute atomic E-state index is 0.0998. The van der Waals surface area contributed by atoms with E-state index in [-0.39, 0.29) is 11.8 Å². The van der Waals surface area contributed by atoms with Crippen LogP contribution in [0.15, 0.2) is 54.7 Å². The molecule has 2 amide bonds. The van der Waals surface area contributed by atoms with Crippen molar-refractivity contribution < 1.29 is 9.59 Å². The average Bonchev–Trinajstić information content (AvgIpc) is 3.33. The fourth-order valence-corrected chi connectivity index (χ4v) is 3.50. The SMILES string of the molecule is O=C(NCCCN1CCCC1=O)c1cccc(-c2cccc3ccnn23)c1. The number of amides is 2. The van der Waals surface area contributed by atoms with E-state index < -0.39 is 0 Å². The van der Waals surface area contributed by atoms with Crippen LogP contribution < -0.4 is 5.32 Å². The van der Waals surface area contributed by atoms with Crippen LogP contribution in [-0.2, 0) is 4.79 Å². The van der Waals surface area contributed by atoms with Gasteiger partial charge in [-0.15, -0.1) is 0 Å². The first kappa shape index (κ1) is 17.3. The van der Waals surface area contributed by atoms with Gasteiger partial charge in [0, 0.05) is 37.2 Å². The van der Waals surface area contributed by atoms with Gasteiger partial charge in [-0.2, -0.15) is 5.10 Å². The van der Waals surface area contributed by atoms with Gasteiger partial charge < -0.3 is 10.2 Å². The van der Waals surface area contributed by atoms with E-state index in [9.17, 15) is 9.59 Å². The van der Waals surface area contributed by atoms with Crippen molar-refractivity contribution in [1.29, 1.82) is 0 Å². The van der Waals surface area contributed by atoms with Crippen molar-refractivity contribution in [3.8, 4) is 11.3 Å². The van der Waals surface area contributed by atoms with Crippen molar-refractivity contribution in [2.45, 2.75) is 19.3 Å². The number of aromatic nitrogens is 2. The predicted octanol–water partition coefficient (Wildman–Crippen LogP) is 2.74. The van der Waals surface area contributed by atoms with E-state index in [0.29, 0.717) is 25.1 Å². The van der Waals surface area contributed by atoms with Crippen LogP contribution in [-0.4, -0.2) is 46.0 Å². The van der Waals surface area contributed by atoms with E-state index in [1.807, 2.05) is 57.9 Å². The molecule has 1 saturated heterocycles. The number of nitrogens with zero attached hydrogens (tertiary/aromatic N) is 3. The van der Waals surface area contributed by atoms with E-state index >= 15 is 0 Å². The van der Waals surface area contributed by atoms with Crippen LogP contribution in [0.2, 0.25) is 0 Å². The Bertz CT molecular complexity index is 979. The molecule has 6 nitrogen and oxygen atoms in total. The van der Waals surface area contributed by atoms with Gasteiger partial charge in [0.05, 0.1) is 17.4 Å². The molecular formula is C21H22N4O2. The monoisotopic (exact) mass is 362 g/mol. The quantitative estimate of drug-likeness (QED) is 0.686. The summed E-state index contributed by atoms with van der Waals surface area (Å²) in [6, 6.07) is 15.5. The maximum atomic E-state index is 12.5. The molecule has 0 bridgehead atoms. The summed E-state index contributed by atoms with van der Waals surface area (Å²) in [4.78, 5) is 26.0. The lowest BCUT2D eigenvalue weighted by Gasteiger charge is -2.15. The van der Waals surface area contributed by atoms with Gasteiger partial charge in [0.25, 0.3) is 5.91 Å². The van der Waals surface area contributed by atoms with Gasteiger partial charge in [0.2, 0.25) is 5.91 Å². The van der Waals surface area contributed by atoms with Crippen LogP contribution in [0.1, 0.15) is 29.6 Å². The molecule has 27 heavy (non-hydrogen) atoms. The van der Waals surface area contributed by atoms with Gasteiger partial charge >= 0.3 is 0 Å². The lowest BCUT2D eigenvalue weighted by Crippen LogP contribution is -2.30. The molecule has 3 heterocycles. The molecule has 0 atom stereocenters. The number of carbonyl (C=O) groups is 2. The van der Waals surface area contributed by atoms with E-state index in [1.54, 1.807) is 6.20 Å². The topological polar surface area (TPSA) is 66.7 Å². The predicted molar refractivity (Wildman–Crippen MR) is 103 cm³/mol. The molecule has 1 fully saturated rings. The maximum Gasteiger partial charge on any atom is 0.251 e. The third-order valence-corrected chi connectivity index (χ3v) is 4.90. The van der Waals surface area contributed by atoms with E-state index in [2.05, 4.69) is 10.4 Å². The zero-order chi connectivity index (χ0) is 18.6. The number of likely N-dealkylation sites (tertiary alicyclic amines) is 1. The highest BCUT2D eigenvalue weighted by Gasteiger charge is 2.19. The first-order valence-corrected chi connectivity index (χ1v) is 9.31. The van der Waals surface area contributed by atoms with Crippen LogP contribution in [0.4, 0.5) is 0 Å². The highest BCUT2D eigenvalue weighted by Crippen LogP contribution is 2.21. The molecule has 0 unspecified atom stereocenters. The lowest BCUT2D eigenvalue weighted by molar-refractivity contribution is -0.127. The molecule has 1 N–H and O–H groups in total. The summed E-state index contributed by atoms with van der Waals surface area (Å²) in [5.41, 5.74) is 3.52. The number of carbonyl (C=O) groups excluding carboxylic acids is 2. The van der Waals surface area contributed by atoms with Crippen LogP contribution in [0.5, 0.6) is 0 Å². The number of nitrogens with one attached hydrogen (secondary N) is 1. The molecule has 0 saturated carbocycles. The van der Waals surface area contributed by atoms with Crippen molar-refractivity contribution in [1.82, 2.24) is 19.8 Å². The zero-order valence-electron chi connectivity index (χ0n) is 15.1. The zero-order valence-corrected chi connectivity index (χ0v) is 15.1. The summed E-state index contributed by atoms with van der Waals surface area (Å²) >= 11 is 0. The molecule has 0 aliphatic carbocycles. The van der Waals surface area contributed by atoms with Gasteiger partial charge in [-0.3, -0.25) is 9.59 Å². The summed E-state index contributed by atoms with van der Waals surface area (Å²) in [5, 5.41) is 7.31. The molecule has 4 rings (SSSR count). The van der Waals surface area contributed by atoms with E-state index in [1.165, 1.54) is 0 Å². The number of hydrogen-bond acceptors (Lipinski definition) is 3. The van der Waals surface area contributed by atoms with E-state index in [4.69, 9.17) is 0 Å². The van der Waals surface area contributed by atoms with Crippen molar-refractivity contribution in [3.05, 3.63) is 60.3 Å². The van der Waals surface area contributed by atoms with Crippen molar-refractivity contribution in [2.75, 3.05) is 19.6 Å². The van der Waals surface area contributed by atoms with Crippen molar-refractivity contribution in [2.24, 2.45) is 0 Å². The lowest BCUT2D eigenvalue weighted by atomic mass is 10.1. The minimum Gasteiger partial charge on any atom is -0.352 e. The Balaban J connectivity index is 1.40. The van der Waals surface area contributed by atoms with Crippen LogP contribution in [0.3, 0.4) is 0 Å². The normalized spacial score (nSPS) is 14.1. The first-order chi connectivity index (χ1) is 13.2.